The normalized spacial score (nSPS) is 28.6. The van der Waals surface area contributed by atoms with Gasteiger partial charge >= 0.3 is 6.18 Å². The number of aliphatic hydroxyl groups excluding tert-OH is 3. The SMILES string of the molecule is Nc1ncnc2c1c(C(F)(F)F)cn2C1OC(CO)C(O)C1O. The predicted octanol–water partition coefficient (Wildman–Crippen LogP) is -0.356. The molecule has 0 spiro atoms. The highest BCUT2D eigenvalue weighted by Crippen LogP contribution is 2.40. The van der Waals surface area contributed by atoms with Gasteiger partial charge in [-0.1, -0.05) is 0 Å². The van der Waals surface area contributed by atoms with Crippen LogP contribution in [0.15, 0.2) is 12.5 Å². The van der Waals surface area contributed by atoms with Crippen molar-refractivity contribution in [3.8, 4) is 0 Å². The molecule has 2 aromatic rings. The molecule has 0 amide bonds. The van der Waals surface area contributed by atoms with Crippen molar-refractivity contribution in [2.24, 2.45) is 0 Å². The number of nitrogens with two attached hydrogens (primary N) is 1. The van der Waals surface area contributed by atoms with Crippen LogP contribution in [0.1, 0.15) is 11.8 Å². The number of halogens is 3. The molecule has 1 aliphatic heterocycles. The van der Waals surface area contributed by atoms with Gasteiger partial charge in [0.2, 0.25) is 0 Å². The lowest BCUT2D eigenvalue weighted by molar-refractivity contribution is -0.136. The van der Waals surface area contributed by atoms with E-state index in [0.717, 1.165) is 10.9 Å². The monoisotopic (exact) mass is 334 g/mol. The molecular formula is C12H13F3N4O4. The molecule has 3 heterocycles. The molecule has 126 valence electrons. The van der Waals surface area contributed by atoms with Crippen LogP contribution >= 0.6 is 0 Å². The van der Waals surface area contributed by atoms with E-state index < -0.39 is 48.3 Å². The second-order valence-electron chi connectivity index (χ2n) is 5.13. The zero-order chi connectivity index (χ0) is 16.9. The quantitative estimate of drug-likeness (QED) is 0.591. The molecule has 2 aromatic heterocycles. The molecule has 5 N–H and O–H groups in total. The van der Waals surface area contributed by atoms with Crippen LogP contribution < -0.4 is 5.73 Å². The molecule has 4 unspecified atom stereocenters. The molecule has 8 nitrogen and oxygen atoms in total. The van der Waals surface area contributed by atoms with Crippen molar-refractivity contribution in [3.05, 3.63) is 18.1 Å². The fourth-order valence-corrected chi connectivity index (χ4v) is 2.63. The highest BCUT2D eigenvalue weighted by molar-refractivity contribution is 5.90. The van der Waals surface area contributed by atoms with Gasteiger partial charge in [0.1, 0.15) is 36.1 Å². The summed E-state index contributed by atoms with van der Waals surface area (Å²) in [7, 11) is 0. The van der Waals surface area contributed by atoms with Crippen molar-refractivity contribution in [2.45, 2.75) is 30.7 Å². The van der Waals surface area contributed by atoms with Crippen LogP contribution in [0.25, 0.3) is 11.0 Å². The molecule has 23 heavy (non-hydrogen) atoms. The van der Waals surface area contributed by atoms with E-state index in [9.17, 15) is 23.4 Å². The number of ether oxygens (including phenoxy) is 1. The molecule has 3 rings (SSSR count). The lowest BCUT2D eigenvalue weighted by Crippen LogP contribution is -2.33. The Bertz CT molecular complexity index is 735. The predicted molar refractivity (Wildman–Crippen MR) is 70.0 cm³/mol. The van der Waals surface area contributed by atoms with Crippen molar-refractivity contribution in [1.29, 1.82) is 0 Å². The van der Waals surface area contributed by atoms with Crippen LogP contribution in [0.5, 0.6) is 0 Å². The second kappa shape index (κ2) is 5.30. The maximum atomic E-state index is 13.2. The van der Waals surface area contributed by atoms with E-state index in [-0.39, 0.29) is 11.5 Å². The van der Waals surface area contributed by atoms with E-state index in [1.54, 1.807) is 0 Å². The van der Waals surface area contributed by atoms with Gasteiger partial charge < -0.3 is 30.4 Å². The molecule has 0 aliphatic carbocycles. The number of hydrogen-bond donors (Lipinski definition) is 4. The summed E-state index contributed by atoms with van der Waals surface area (Å²) >= 11 is 0. The fourth-order valence-electron chi connectivity index (χ4n) is 2.63. The molecule has 1 fully saturated rings. The van der Waals surface area contributed by atoms with Gasteiger partial charge in [-0.05, 0) is 0 Å². The van der Waals surface area contributed by atoms with Crippen LogP contribution in [-0.2, 0) is 10.9 Å². The number of hydrogen-bond acceptors (Lipinski definition) is 7. The summed E-state index contributed by atoms with van der Waals surface area (Å²) in [6.45, 7) is -0.600. The molecule has 0 bridgehead atoms. The van der Waals surface area contributed by atoms with Gasteiger partial charge in [0.15, 0.2) is 6.23 Å². The van der Waals surface area contributed by atoms with Crippen molar-refractivity contribution < 1.29 is 33.2 Å². The molecule has 0 radical (unpaired) electrons. The van der Waals surface area contributed by atoms with E-state index in [1.165, 1.54) is 0 Å². The lowest BCUT2D eigenvalue weighted by Gasteiger charge is -2.17. The Hall–Kier alpha value is -1.95. The first kappa shape index (κ1) is 15.9. The number of nitrogen functional groups attached to an aromatic ring is 1. The number of anilines is 1. The highest BCUT2D eigenvalue weighted by Gasteiger charge is 2.45. The summed E-state index contributed by atoms with van der Waals surface area (Å²) in [5.41, 5.74) is 4.25. The highest BCUT2D eigenvalue weighted by atomic mass is 19.4. The van der Waals surface area contributed by atoms with Crippen LogP contribution in [0, 0.1) is 0 Å². The minimum absolute atomic E-state index is 0.195. The topological polar surface area (TPSA) is 127 Å². The van der Waals surface area contributed by atoms with Crippen molar-refractivity contribution in [1.82, 2.24) is 14.5 Å². The molecule has 0 saturated carbocycles. The Labute approximate surface area is 126 Å². The third-order valence-corrected chi connectivity index (χ3v) is 3.74. The number of nitrogens with zero attached hydrogens (tertiary/aromatic N) is 3. The van der Waals surface area contributed by atoms with E-state index in [1.807, 2.05) is 0 Å². The first-order valence-corrected chi connectivity index (χ1v) is 6.56. The maximum absolute atomic E-state index is 13.2. The first-order chi connectivity index (χ1) is 10.8. The second-order valence-corrected chi connectivity index (χ2v) is 5.13. The summed E-state index contributed by atoms with van der Waals surface area (Å²) in [5.74, 6) is -0.368. The molecule has 4 atom stereocenters. The summed E-state index contributed by atoms with van der Waals surface area (Å²) in [5, 5.41) is 28.4. The molecular weight excluding hydrogens is 321 g/mol. The molecule has 1 saturated heterocycles. The number of rotatable bonds is 2. The number of alkyl halides is 3. The van der Waals surface area contributed by atoms with Gasteiger partial charge in [0.05, 0.1) is 17.6 Å². The van der Waals surface area contributed by atoms with Gasteiger partial charge in [0, 0.05) is 6.20 Å². The zero-order valence-corrected chi connectivity index (χ0v) is 11.5. The summed E-state index contributed by atoms with van der Waals surface area (Å²) in [6, 6.07) is 0. The van der Waals surface area contributed by atoms with E-state index in [2.05, 4.69) is 9.97 Å². The maximum Gasteiger partial charge on any atom is 0.418 e. The third-order valence-electron chi connectivity index (χ3n) is 3.74. The van der Waals surface area contributed by atoms with E-state index >= 15 is 0 Å². The minimum Gasteiger partial charge on any atom is -0.394 e. The Morgan fingerprint density at radius 1 is 1.26 bits per heavy atom. The van der Waals surface area contributed by atoms with E-state index in [4.69, 9.17) is 15.6 Å². The Morgan fingerprint density at radius 2 is 1.96 bits per heavy atom. The van der Waals surface area contributed by atoms with E-state index in [0.29, 0.717) is 6.20 Å². The first-order valence-electron chi connectivity index (χ1n) is 6.56. The molecule has 11 heteroatoms. The lowest BCUT2D eigenvalue weighted by atomic mass is 10.1. The largest absolute Gasteiger partial charge is 0.418 e. The minimum atomic E-state index is -4.72. The van der Waals surface area contributed by atoms with Gasteiger partial charge in [-0.3, -0.25) is 0 Å². The van der Waals surface area contributed by atoms with Crippen molar-refractivity contribution in [2.75, 3.05) is 12.3 Å². The van der Waals surface area contributed by atoms with Crippen LogP contribution in [0.4, 0.5) is 19.0 Å². The average molecular weight is 334 g/mol. The van der Waals surface area contributed by atoms with Gasteiger partial charge in [-0.25, -0.2) is 9.97 Å². The fraction of sp³-hybridized carbons (Fsp3) is 0.500. The standard InChI is InChI=1S/C12H13F3N4O4/c13-12(14,15)4-1-19(10-6(4)9(16)17-3-18-10)11-8(22)7(21)5(2-20)23-11/h1,3,5,7-8,11,20-22H,2H2,(H2,16,17,18). The number of aromatic nitrogens is 3. The number of fused-ring (bicyclic) bond motifs is 1. The summed E-state index contributed by atoms with van der Waals surface area (Å²) in [4.78, 5) is 7.31. The van der Waals surface area contributed by atoms with Crippen LogP contribution in [-0.4, -0.2) is 54.8 Å². The number of aliphatic hydroxyl groups is 3. The van der Waals surface area contributed by atoms with Crippen molar-refractivity contribution >= 4 is 16.9 Å². The summed E-state index contributed by atoms with van der Waals surface area (Å²) in [6.07, 6.45) is -8.51. The Kier molecular flexibility index (Phi) is 3.67. The van der Waals surface area contributed by atoms with Crippen LogP contribution in [0.3, 0.4) is 0 Å². The Morgan fingerprint density at radius 3 is 2.52 bits per heavy atom. The van der Waals surface area contributed by atoms with Crippen molar-refractivity contribution in [3.63, 3.8) is 0 Å². The zero-order valence-electron chi connectivity index (χ0n) is 11.5. The van der Waals surface area contributed by atoms with Gasteiger partial charge in [0.25, 0.3) is 0 Å². The smallest absolute Gasteiger partial charge is 0.394 e. The van der Waals surface area contributed by atoms with Gasteiger partial charge in [-0.2, -0.15) is 13.2 Å². The molecule has 0 aromatic carbocycles. The summed E-state index contributed by atoms with van der Waals surface area (Å²) < 4.78 is 45.8. The average Bonchev–Trinajstić information content (AvgIpc) is 3.00. The Balaban J connectivity index is 2.18. The van der Waals surface area contributed by atoms with Crippen LogP contribution in [0.2, 0.25) is 0 Å². The molecule has 1 aliphatic rings. The third kappa shape index (κ3) is 2.41. The van der Waals surface area contributed by atoms with Gasteiger partial charge in [-0.15, -0.1) is 0 Å².